The molecule has 1 aromatic rings. The van der Waals surface area contributed by atoms with E-state index in [1.807, 2.05) is 20.8 Å². The molecule has 1 fully saturated rings. The molecule has 1 aromatic heterocycles. The summed E-state index contributed by atoms with van der Waals surface area (Å²) < 4.78 is 27.0. The van der Waals surface area contributed by atoms with E-state index < -0.39 is 5.92 Å². The van der Waals surface area contributed by atoms with Crippen molar-refractivity contribution in [1.29, 1.82) is 0 Å². The minimum Gasteiger partial charge on any atom is -0.349 e. The molecule has 7 nitrogen and oxygen atoms in total. The van der Waals surface area contributed by atoms with E-state index in [1.54, 1.807) is 17.3 Å². The smallest absolute Gasteiger partial charge is 0.266 e. The number of alkyl halides is 2. The van der Waals surface area contributed by atoms with E-state index in [0.717, 1.165) is 0 Å². The van der Waals surface area contributed by atoms with Gasteiger partial charge in [0.1, 0.15) is 0 Å². The van der Waals surface area contributed by atoms with Crippen molar-refractivity contribution in [3.63, 3.8) is 0 Å². The lowest BCUT2D eigenvalue weighted by atomic mass is 10.1. The fraction of sp³-hybridized carbons (Fsp3) is 0.692. The number of nitrogens with two attached hydrogens (primary N) is 2. The van der Waals surface area contributed by atoms with Gasteiger partial charge in [-0.1, -0.05) is 0 Å². The maximum atomic E-state index is 13.5. The van der Waals surface area contributed by atoms with Gasteiger partial charge in [-0.2, -0.15) is 9.97 Å². The van der Waals surface area contributed by atoms with Gasteiger partial charge in [-0.05, 0) is 20.8 Å². The van der Waals surface area contributed by atoms with E-state index in [0.29, 0.717) is 23.3 Å². The summed E-state index contributed by atoms with van der Waals surface area (Å²) in [7, 11) is 1.80. The number of aromatic nitrogens is 2. The lowest BCUT2D eigenvalue weighted by molar-refractivity contribution is -0.538. The predicted octanol–water partition coefficient (Wildman–Crippen LogP) is 0.643. The number of rotatable bonds is 4. The maximum absolute atomic E-state index is 13.5. The van der Waals surface area contributed by atoms with E-state index in [-0.39, 0.29) is 25.0 Å². The van der Waals surface area contributed by atoms with Gasteiger partial charge in [0.05, 0.1) is 13.6 Å². The van der Waals surface area contributed by atoms with Crippen LogP contribution in [0.25, 0.3) is 0 Å². The zero-order valence-corrected chi connectivity index (χ0v) is 13.4. The first-order valence-corrected chi connectivity index (χ1v) is 7.24. The van der Waals surface area contributed by atoms with E-state index in [4.69, 9.17) is 5.84 Å². The van der Waals surface area contributed by atoms with Gasteiger partial charge in [-0.3, -0.25) is 0 Å². The number of halogens is 2. The summed E-state index contributed by atoms with van der Waals surface area (Å²) in [4.78, 5) is 10.3. The normalized spacial score (nSPS) is 17.7. The van der Waals surface area contributed by atoms with Crippen molar-refractivity contribution in [3.8, 4) is 0 Å². The third-order valence-electron chi connectivity index (χ3n) is 3.31. The van der Waals surface area contributed by atoms with Gasteiger partial charge in [-0.15, -0.1) is 0 Å². The van der Waals surface area contributed by atoms with Crippen LogP contribution < -0.4 is 26.8 Å². The maximum Gasteiger partial charge on any atom is 0.266 e. The minimum absolute atomic E-state index is 0.173. The first-order chi connectivity index (χ1) is 10.1. The molecule has 2 rings (SSSR count). The Labute approximate surface area is 128 Å². The third-order valence-corrected chi connectivity index (χ3v) is 3.31. The molecule has 0 atom stereocenters. The van der Waals surface area contributed by atoms with E-state index in [9.17, 15) is 8.78 Å². The highest BCUT2D eigenvalue weighted by Crippen LogP contribution is 2.35. The summed E-state index contributed by atoms with van der Waals surface area (Å²) in [5, 5.41) is 4.91. The molecule has 124 valence electrons. The molecule has 6 N–H and O–H groups in total. The van der Waals surface area contributed by atoms with Crippen molar-refractivity contribution in [1.82, 2.24) is 9.97 Å². The summed E-state index contributed by atoms with van der Waals surface area (Å²) in [6.07, 6.45) is -0.173. The number of nitrogen functional groups attached to an aromatic ring is 1. The van der Waals surface area contributed by atoms with E-state index >= 15 is 0 Å². The number of nitrogens with one attached hydrogen (secondary N) is 2. The third kappa shape index (κ3) is 3.72. The van der Waals surface area contributed by atoms with Crippen LogP contribution in [0.5, 0.6) is 0 Å². The second kappa shape index (κ2) is 5.81. The van der Waals surface area contributed by atoms with Gasteiger partial charge < -0.3 is 21.0 Å². The number of anilines is 3. The Kier molecular flexibility index (Phi) is 4.39. The monoisotopic (exact) mass is 316 g/mol. The van der Waals surface area contributed by atoms with Crippen LogP contribution in [-0.2, 0) is 0 Å². The Morgan fingerprint density at radius 3 is 2.45 bits per heavy atom. The van der Waals surface area contributed by atoms with Crippen molar-refractivity contribution in [2.24, 2.45) is 5.84 Å². The molecule has 0 saturated carbocycles. The second-order valence-corrected chi connectivity index (χ2v) is 6.47. The van der Waals surface area contributed by atoms with Gasteiger partial charge in [0.25, 0.3) is 5.92 Å². The summed E-state index contributed by atoms with van der Waals surface area (Å²) >= 11 is 0. The van der Waals surface area contributed by atoms with E-state index in [2.05, 4.69) is 20.7 Å². The molecule has 0 amide bonds. The van der Waals surface area contributed by atoms with Crippen LogP contribution in [0.2, 0.25) is 0 Å². The predicted molar refractivity (Wildman–Crippen MR) is 82.5 cm³/mol. The van der Waals surface area contributed by atoms with Gasteiger partial charge in [-0.25, -0.2) is 14.6 Å². The van der Waals surface area contributed by atoms with Gasteiger partial charge in [0, 0.05) is 18.5 Å². The molecule has 0 aliphatic carbocycles. The van der Waals surface area contributed by atoms with Crippen LogP contribution in [-0.4, -0.2) is 41.6 Å². The van der Waals surface area contributed by atoms with Crippen LogP contribution in [0, 0.1) is 0 Å². The molecule has 1 saturated heterocycles. The average Bonchev–Trinajstić information content (AvgIpc) is 2.76. The zero-order valence-electron chi connectivity index (χ0n) is 13.4. The molecule has 1 aliphatic rings. The Morgan fingerprint density at radius 1 is 1.32 bits per heavy atom. The number of nitrogens with zero attached hydrogens (tertiary/aromatic N) is 3. The Balaban J connectivity index is 2.43. The van der Waals surface area contributed by atoms with Crippen LogP contribution in [0.1, 0.15) is 27.2 Å². The number of hydrogen-bond acceptors (Lipinski definition) is 6. The molecule has 0 radical (unpaired) electrons. The standard InChI is InChI=1S/C13H23F2N7/c1-12(2,3)20-11-18-9(21-16)8(17-4)10(19-11)22-6-5-13(14,15)7-22/h17H,5-7,16H2,1-4H3,(H2,18,19,20,21)/p+1. The average molecular weight is 316 g/mol. The Morgan fingerprint density at radius 2 is 2.00 bits per heavy atom. The zero-order chi connectivity index (χ0) is 16.5. The van der Waals surface area contributed by atoms with Crippen molar-refractivity contribution >= 4 is 23.3 Å². The Hall–Kier alpha value is -1.74. The molecule has 0 spiro atoms. The molecule has 0 unspecified atom stereocenters. The van der Waals surface area contributed by atoms with Crippen molar-refractivity contribution in [3.05, 3.63) is 0 Å². The van der Waals surface area contributed by atoms with Crippen LogP contribution in [0.15, 0.2) is 0 Å². The highest BCUT2D eigenvalue weighted by molar-refractivity contribution is 5.72. The van der Waals surface area contributed by atoms with Gasteiger partial charge in [0.2, 0.25) is 17.5 Å². The van der Waals surface area contributed by atoms with Gasteiger partial charge in [0.15, 0.2) is 5.82 Å². The highest BCUT2D eigenvalue weighted by atomic mass is 19.3. The minimum atomic E-state index is -2.69. The molecule has 22 heavy (non-hydrogen) atoms. The first-order valence-electron chi connectivity index (χ1n) is 7.24. The number of hydrogen-bond donors (Lipinski definition) is 4. The molecule has 1 aliphatic heterocycles. The SMILES string of the molecule is C[NH2+]c1c(NN)nc(NC(C)(C)C)nc1N1CCC(F)(F)C1. The fourth-order valence-electron chi connectivity index (χ4n) is 2.38. The lowest BCUT2D eigenvalue weighted by Crippen LogP contribution is -2.73. The fourth-order valence-corrected chi connectivity index (χ4v) is 2.38. The van der Waals surface area contributed by atoms with Crippen molar-refractivity contribution < 1.29 is 14.1 Å². The largest absolute Gasteiger partial charge is 0.349 e. The lowest BCUT2D eigenvalue weighted by Gasteiger charge is -2.24. The molecular formula is C13H24F2N7+. The summed E-state index contributed by atoms with van der Waals surface area (Å²) in [5.41, 5.74) is 2.89. The topological polar surface area (TPSA) is 95.7 Å². The molecule has 9 heteroatoms. The molecule has 0 aromatic carbocycles. The van der Waals surface area contributed by atoms with Gasteiger partial charge >= 0.3 is 0 Å². The highest BCUT2D eigenvalue weighted by Gasteiger charge is 2.40. The Bertz CT molecular complexity index is 542. The second-order valence-electron chi connectivity index (χ2n) is 6.47. The number of quaternary nitrogens is 1. The quantitative estimate of drug-likeness (QED) is 0.481. The molecule has 0 bridgehead atoms. The summed E-state index contributed by atoms with van der Waals surface area (Å²) in [5.74, 6) is 4.07. The molecule has 2 heterocycles. The van der Waals surface area contributed by atoms with Crippen molar-refractivity contribution in [2.45, 2.75) is 38.7 Å². The van der Waals surface area contributed by atoms with Crippen LogP contribution in [0.4, 0.5) is 32.1 Å². The van der Waals surface area contributed by atoms with Crippen LogP contribution >= 0.6 is 0 Å². The van der Waals surface area contributed by atoms with Crippen molar-refractivity contribution in [2.75, 3.05) is 35.8 Å². The molecular weight excluding hydrogens is 292 g/mol. The summed E-state index contributed by atoms with van der Waals surface area (Å²) in [6, 6.07) is 0. The van der Waals surface area contributed by atoms with E-state index in [1.165, 1.54) is 0 Å². The van der Waals surface area contributed by atoms with Crippen LogP contribution in [0.3, 0.4) is 0 Å². The summed E-state index contributed by atoms with van der Waals surface area (Å²) in [6.45, 7) is 5.81. The first kappa shape index (κ1) is 16.6. The number of hydrazine groups is 1.